The SMILES string of the molecule is Cc1cc(C)c(CNC(=O)c2cn(C)nc2C(F)(F)F)c(=O)[nH]1. The number of carbonyl (C=O) groups excluding carboxylic acids is 1. The van der Waals surface area contributed by atoms with Gasteiger partial charge < -0.3 is 10.3 Å². The topological polar surface area (TPSA) is 79.8 Å². The molecule has 6 nitrogen and oxygen atoms in total. The summed E-state index contributed by atoms with van der Waals surface area (Å²) in [7, 11) is 1.29. The van der Waals surface area contributed by atoms with Gasteiger partial charge in [-0.1, -0.05) is 0 Å². The first kappa shape index (κ1) is 16.8. The lowest BCUT2D eigenvalue weighted by molar-refractivity contribution is -0.141. The average Bonchev–Trinajstić information content (AvgIpc) is 2.79. The van der Waals surface area contributed by atoms with Crippen molar-refractivity contribution in [2.45, 2.75) is 26.6 Å². The summed E-state index contributed by atoms with van der Waals surface area (Å²) in [4.78, 5) is 26.4. The number of carbonyl (C=O) groups is 1. The molecule has 0 fully saturated rings. The number of nitrogens with one attached hydrogen (secondary N) is 2. The van der Waals surface area contributed by atoms with Gasteiger partial charge in [0.15, 0.2) is 5.69 Å². The fourth-order valence-corrected chi connectivity index (χ4v) is 2.23. The van der Waals surface area contributed by atoms with Crippen LogP contribution in [0.4, 0.5) is 13.2 Å². The predicted octanol–water partition coefficient (Wildman–Crippen LogP) is 1.67. The molecule has 0 radical (unpaired) electrons. The summed E-state index contributed by atoms with van der Waals surface area (Å²) >= 11 is 0. The zero-order chi connectivity index (χ0) is 17.4. The molecule has 0 bridgehead atoms. The first-order chi connectivity index (χ1) is 10.6. The molecule has 2 aromatic rings. The summed E-state index contributed by atoms with van der Waals surface area (Å²) in [6, 6.07) is 1.72. The minimum atomic E-state index is -4.73. The number of hydrogen-bond acceptors (Lipinski definition) is 3. The van der Waals surface area contributed by atoms with Gasteiger partial charge in [0.05, 0.1) is 5.56 Å². The highest BCUT2D eigenvalue weighted by Crippen LogP contribution is 2.30. The summed E-state index contributed by atoms with van der Waals surface area (Å²) in [6.07, 6.45) is -3.74. The van der Waals surface area contributed by atoms with Crippen molar-refractivity contribution in [3.63, 3.8) is 0 Å². The Morgan fingerprint density at radius 3 is 2.61 bits per heavy atom. The van der Waals surface area contributed by atoms with E-state index in [1.807, 2.05) is 0 Å². The molecular formula is C14H15F3N4O2. The van der Waals surface area contributed by atoms with E-state index in [1.54, 1.807) is 19.9 Å². The first-order valence-electron chi connectivity index (χ1n) is 6.68. The maximum atomic E-state index is 12.8. The number of H-pyrrole nitrogens is 1. The first-order valence-corrected chi connectivity index (χ1v) is 6.68. The van der Waals surface area contributed by atoms with E-state index in [-0.39, 0.29) is 12.1 Å². The molecular weight excluding hydrogens is 313 g/mol. The molecule has 0 aromatic carbocycles. The van der Waals surface area contributed by atoms with Crippen LogP contribution in [0.2, 0.25) is 0 Å². The van der Waals surface area contributed by atoms with Crippen LogP contribution in [0.15, 0.2) is 17.1 Å². The second-order valence-electron chi connectivity index (χ2n) is 5.19. The third-order valence-corrected chi connectivity index (χ3v) is 3.26. The lowest BCUT2D eigenvalue weighted by Gasteiger charge is -2.09. The highest BCUT2D eigenvalue weighted by atomic mass is 19.4. The maximum absolute atomic E-state index is 12.8. The molecule has 1 amide bonds. The predicted molar refractivity (Wildman–Crippen MR) is 75.9 cm³/mol. The van der Waals surface area contributed by atoms with Gasteiger partial charge in [-0.05, 0) is 25.5 Å². The lowest BCUT2D eigenvalue weighted by atomic mass is 10.1. The van der Waals surface area contributed by atoms with Crippen LogP contribution in [0.25, 0.3) is 0 Å². The molecule has 0 unspecified atom stereocenters. The van der Waals surface area contributed by atoms with Crippen molar-refractivity contribution < 1.29 is 18.0 Å². The van der Waals surface area contributed by atoms with Crippen LogP contribution in [-0.4, -0.2) is 20.7 Å². The van der Waals surface area contributed by atoms with E-state index in [2.05, 4.69) is 15.4 Å². The Labute approximate surface area is 129 Å². The standard InChI is InChI=1S/C14H15F3N4O2/c1-7-4-8(2)19-13(23)9(7)5-18-12(22)10-6-21(3)20-11(10)14(15,16)17/h4,6H,5H2,1-3H3,(H,18,22)(H,19,23). The number of alkyl halides is 3. The van der Waals surface area contributed by atoms with Crippen LogP contribution in [-0.2, 0) is 19.8 Å². The second-order valence-corrected chi connectivity index (χ2v) is 5.19. The average molecular weight is 328 g/mol. The second kappa shape index (κ2) is 5.90. The third-order valence-electron chi connectivity index (χ3n) is 3.26. The van der Waals surface area contributed by atoms with Crippen molar-refractivity contribution in [3.8, 4) is 0 Å². The zero-order valence-corrected chi connectivity index (χ0v) is 12.7. The van der Waals surface area contributed by atoms with Crippen molar-refractivity contribution in [1.29, 1.82) is 0 Å². The van der Waals surface area contributed by atoms with Crippen LogP contribution in [0.3, 0.4) is 0 Å². The number of aromatic nitrogens is 3. The summed E-state index contributed by atoms with van der Waals surface area (Å²) in [5.41, 5.74) is -0.623. The van der Waals surface area contributed by atoms with Gasteiger partial charge in [-0.3, -0.25) is 14.3 Å². The Morgan fingerprint density at radius 2 is 2.04 bits per heavy atom. The minimum Gasteiger partial charge on any atom is -0.348 e. The van der Waals surface area contributed by atoms with Crippen molar-refractivity contribution in [1.82, 2.24) is 20.1 Å². The lowest BCUT2D eigenvalue weighted by Crippen LogP contribution is -2.29. The molecule has 2 rings (SSSR count). The maximum Gasteiger partial charge on any atom is 0.435 e. The number of pyridine rings is 1. The molecule has 0 aliphatic heterocycles. The van der Waals surface area contributed by atoms with Crippen molar-refractivity contribution in [2.24, 2.45) is 7.05 Å². The zero-order valence-electron chi connectivity index (χ0n) is 12.7. The fourth-order valence-electron chi connectivity index (χ4n) is 2.23. The molecule has 2 aromatic heterocycles. The molecule has 0 saturated heterocycles. The van der Waals surface area contributed by atoms with Gasteiger partial charge >= 0.3 is 6.18 Å². The van der Waals surface area contributed by atoms with E-state index in [4.69, 9.17) is 0 Å². The van der Waals surface area contributed by atoms with Crippen LogP contribution >= 0.6 is 0 Å². The smallest absolute Gasteiger partial charge is 0.348 e. The van der Waals surface area contributed by atoms with Gasteiger partial charge in [-0.2, -0.15) is 18.3 Å². The molecule has 0 saturated carbocycles. The highest BCUT2D eigenvalue weighted by molar-refractivity contribution is 5.95. The van der Waals surface area contributed by atoms with Crippen molar-refractivity contribution >= 4 is 5.91 Å². The fraction of sp³-hybridized carbons (Fsp3) is 0.357. The number of amides is 1. The number of rotatable bonds is 3. The Morgan fingerprint density at radius 1 is 1.39 bits per heavy atom. The van der Waals surface area contributed by atoms with Gasteiger partial charge in [-0.25, -0.2) is 0 Å². The summed E-state index contributed by atoms with van der Waals surface area (Å²) in [5, 5.41) is 5.60. The Kier molecular flexibility index (Phi) is 4.31. The van der Waals surface area contributed by atoms with E-state index in [0.29, 0.717) is 16.8 Å². The van der Waals surface area contributed by atoms with Crippen molar-refractivity contribution in [2.75, 3.05) is 0 Å². The molecule has 0 aliphatic rings. The van der Waals surface area contributed by atoms with Crippen LogP contribution in [0.5, 0.6) is 0 Å². The van der Waals surface area contributed by atoms with Gasteiger partial charge in [0.2, 0.25) is 0 Å². The van der Waals surface area contributed by atoms with Gasteiger partial charge in [0.25, 0.3) is 11.5 Å². The monoisotopic (exact) mass is 328 g/mol. The van der Waals surface area contributed by atoms with Gasteiger partial charge in [0.1, 0.15) is 0 Å². The van der Waals surface area contributed by atoms with E-state index < -0.39 is 23.3 Å². The van der Waals surface area contributed by atoms with Crippen LogP contribution in [0, 0.1) is 13.8 Å². The summed E-state index contributed by atoms with van der Waals surface area (Å²) in [5.74, 6) is -0.940. The Hall–Kier alpha value is -2.58. The van der Waals surface area contributed by atoms with E-state index in [1.165, 1.54) is 7.05 Å². The van der Waals surface area contributed by atoms with Crippen LogP contribution in [0.1, 0.15) is 32.9 Å². The van der Waals surface area contributed by atoms with Gasteiger partial charge in [-0.15, -0.1) is 0 Å². The molecule has 124 valence electrons. The highest BCUT2D eigenvalue weighted by Gasteiger charge is 2.38. The largest absolute Gasteiger partial charge is 0.435 e. The molecule has 23 heavy (non-hydrogen) atoms. The summed E-state index contributed by atoms with van der Waals surface area (Å²) < 4.78 is 39.5. The Balaban J connectivity index is 2.23. The Bertz CT molecular complexity index is 805. The number of hydrogen-bond donors (Lipinski definition) is 2. The third kappa shape index (κ3) is 3.61. The molecule has 0 atom stereocenters. The normalized spacial score (nSPS) is 11.6. The quantitative estimate of drug-likeness (QED) is 0.899. The number of nitrogens with zero attached hydrogens (tertiary/aromatic N) is 2. The van der Waals surface area contributed by atoms with E-state index in [0.717, 1.165) is 10.9 Å². The molecule has 2 N–H and O–H groups in total. The number of halogens is 3. The molecule has 0 aliphatic carbocycles. The van der Waals surface area contributed by atoms with E-state index in [9.17, 15) is 22.8 Å². The van der Waals surface area contributed by atoms with Crippen LogP contribution < -0.4 is 10.9 Å². The molecule has 2 heterocycles. The van der Waals surface area contributed by atoms with Crippen molar-refractivity contribution in [3.05, 3.63) is 50.7 Å². The molecule has 0 spiro atoms. The summed E-state index contributed by atoms with van der Waals surface area (Å²) in [6.45, 7) is 3.23. The van der Waals surface area contributed by atoms with Gasteiger partial charge in [0, 0.05) is 31.0 Å². The molecule has 9 heteroatoms. The minimum absolute atomic E-state index is 0.174. The van der Waals surface area contributed by atoms with E-state index >= 15 is 0 Å². The number of aryl methyl sites for hydroxylation is 3. The number of aromatic amines is 1.